The first-order valence-corrected chi connectivity index (χ1v) is 6.48. The smallest absolute Gasteiger partial charge is 0.243 e. The first-order valence-electron chi connectivity index (χ1n) is 6.48. The number of amides is 1. The molecule has 2 N–H and O–H groups in total. The first kappa shape index (κ1) is 12.9. The molecule has 0 saturated carbocycles. The molecule has 98 valence electrons. The van der Waals surface area contributed by atoms with Gasteiger partial charge in [-0.3, -0.25) is 4.79 Å². The van der Waals surface area contributed by atoms with Crippen LogP contribution in [-0.2, 0) is 4.79 Å². The van der Waals surface area contributed by atoms with E-state index in [0.717, 1.165) is 31.5 Å². The van der Waals surface area contributed by atoms with Crippen molar-refractivity contribution in [3.05, 3.63) is 24.3 Å². The van der Waals surface area contributed by atoms with Crippen LogP contribution in [0.1, 0.15) is 25.7 Å². The molecule has 1 heterocycles. The van der Waals surface area contributed by atoms with Gasteiger partial charge in [0.1, 0.15) is 5.75 Å². The monoisotopic (exact) mass is 248 g/mol. The van der Waals surface area contributed by atoms with Crippen LogP contribution < -0.4 is 10.2 Å². The summed E-state index contributed by atoms with van der Waals surface area (Å²) in [5.41, 5.74) is 0.809. The molecule has 1 unspecified atom stereocenters. The molecule has 1 fully saturated rings. The van der Waals surface area contributed by atoms with Crippen LogP contribution in [0.4, 0.5) is 5.69 Å². The zero-order valence-electron chi connectivity index (χ0n) is 10.7. The van der Waals surface area contributed by atoms with Crippen molar-refractivity contribution < 1.29 is 9.90 Å². The summed E-state index contributed by atoms with van der Waals surface area (Å²) < 4.78 is 0. The Morgan fingerprint density at radius 2 is 2.00 bits per heavy atom. The van der Waals surface area contributed by atoms with Gasteiger partial charge in [0, 0.05) is 12.7 Å². The van der Waals surface area contributed by atoms with Crippen LogP contribution in [0.5, 0.6) is 5.75 Å². The van der Waals surface area contributed by atoms with Crippen LogP contribution in [0.15, 0.2) is 24.3 Å². The number of hydrogen-bond donors (Lipinski definition) is 2. The molecule has 1 amide bonds. The second-order valence-corrected chi connectivity index (χ2v) is 4.77. The van der Waals surface area contributed by atoms with Crippen LogP contribution in [0.2, 0.25) is 0 Å². The summed E-state index contributed by atoms with van der Waals surface area (Å²) in [7, 11) is 1.78. The Kier molecular flexibility index (Phi) is 4.20. The third-order valence-corrected chi connectivity index (χ3v) is 3.43. The number of anilines is 1. The summed E-state index contributed by atoms with van der Waals surface area (Å²) in [6.07, 6.45) is 4.35. The van der Waals surface area contributed by atoms with Crippen LogP contribution in [0, 0.1) is 0 Å². The fourth-order valence-corrected chi connectivity index (χ4v) is 2.28. The lowest BCUT2D eigenvalue weighted by Crippen LogP contribution is -2.44. The van der Waals surface area contributed by atoms with Crippen molar-refractivity contribution in [2.24, 2.45) is 0 Å². The number of nitrogens with one attached hydrogen (secondary N) is 1. The Hall–Kier alpha value is -1.55. The summed E-state index contributed by atoms with van der Waals surface area (Å²) in [4.78, 5) is 14.0. The minimum atomic E-state index is -0.0775. The highest BCUT2D eigenvalue weighted by atomic mass is 16.3. The van der Waals surface area contributed by atoms with Gasteiger partial charge >= 0.3 is 0 Å². The van der Waals surface area contributed by atoms with Gasteiger partial charge in [-0.05, 0) is 43.7 Å². The number of rotatable bonds is 2. The van der Waals surface area contributed by atoms with Crippen LogP contribution in [0.25, 0.3) is 0 Å². The topological polar surface area (TPSA) is 52.6 Å². The Labute approximate surface area is 108 Å². The number of likely N-dealkylation sites (N-methyl/N-ethyl adjacent to an activating group) is 1. The molecule has 1 aliphatic rings. The van der Waals surface area contributed by atoms with Gasteiger partial charge in [-0.15, -0.1) is 0 Å². The lowest BCUT2D eigenvalue weighted by molar-refractivity contribution is -0.120. The number of phenolic OH excluding ortho intramolecular Hbond substituents is 1. The predicted octanol–water partition coefficient (Wildman–Crippen LogP) is 1.89. The minimum Gasteiger partial charge on any atom is -0.508 e. The lowest BCUT2D eigenvalue weighted by atomic mass is 10.1. The summed E-state index contributed by atoms with van der Waals surface area (Å²) in [5.74, 6) is 0.315. The molecule has 1 aromatic rings. The van der Waals surface area contributed by atoms with Crippen molar-refractivity contribution >= 4 is 11.6 Å². The van der Waals surface area contributed by atoms with E-state index >= 15 is 0 Å². The maximum atomic E-state index is 12.3. The Morgan fingerprint density at radius 3 is 2.72 bits per heavy atom. The maximum absolute atomic E-state index is 12.3. The largest absolute Gasteiger partial charge is 0.508 e. The number of carbonyl (C=O) groups excluding carboxylic acids is 1. The average molecular weight is 248 g/mol. The number of benzene rings is 1. The molecule has 0 aliphatic carbocycles. The SMILES string of the molecule is CN(C(=O)C1CCCCCN1)c1ccc(O)cc1. The zero-order valence-corrected chi connectivity index (χ0v) is 10.7. The highest BCUT2D eigenvalue weighted by molar-refractivity contribution is 5.96. The number of carbonyl (C=O) groups is 1. The average Bonchev–Trinajstić information content (AvgIpc) is 2.67. The minimum absolute atomic E-state index is 0.0775. The number of nitrogens with zero attached hydrogens (tertiary/aromatic N) is 1. The summed E-state index contributed by atoms with van der Waals surface area (Å²) >= 11 is 0. The zero-order chi connectivity index (χ0) is 13.0. The molecule has 1 saturated heterocycles. The molecule has 4 heteroatoms. The van der Waals surface area contributed by atoms with E-state index in [-0.39, 0.29) is 17.7 Å². The first-order chi connectivity index (χ1) is 8.68. The van der Waals surface area contributed by atoms with Crippen molar-refractivity contribution in [3.8, 4) is 5.75 Å². The molecule has 2 rings (SSSR count). The maximum Gasteiger partial charge on any atom is 0.243 e. The van der Waals surface area contributed by atoms with Gasteiger partial charge in [-0.25, -0.2) is 0 Å². The predicted molar refractivity (Wildman–Crippen MR) is 71.8 cm³/mol. The van der Waals surface area contributed by atoms with Gasteiger partial charge in [0.25, 0.3) is 0 Å². The molecule has 1 atom stereocenters. The summed E-state index contributed by atoms with van der Waals surface area (Å²) in [6.45, 7) is 0.916. The normalized spacial score (nSPS) is 20.2. The van der Waals surface area contributed by atoms with Gasteiger partial charge in [0.2, 0.25) is 5.91 Å². The highest BCUT2D eigenvalue weighted by Crippen LogP contribution is 2.19. The second-order valence-electron chi connectivity index (χ2n) is 4.77. The summed E-state index contributed by atoms with van der Waals surface area (Å²) in [6, 6.07) is 6.62. The standard InChI is InChI=1S/C14H20N2O2/c1-16(11-6-8-12(17)9-7-11)14(18)13-5-3-2-4-10-15-13/h6-9,13,15,17H,2-5,10H2,1H3. The molecule has 0 aromatic heterocycles. The van der Waals surface area contributed by atoms with Crippen molar-refractivity contribution in [2.75, 3.05) is 18.5 Å². The quantitative estimate of drug-likeness (QED) is 0.840. The van der Waals surface area contributed by atoms with Crippen molar-refractivity contribution in [1.82, 2.24) is 5.32 Å². The van der Waals surface area contributed by atoms with Gasteiger partial charge in [0.05, 0.1) is 6.04 Å². The molecule has 1 aromatic carbocycles. The molecule has 0 radical (unpaired) electrons. The number of aromatic hydroxyl groups is 1. The summed E-state index contributed by atoms with van der Waals surface area (Å²) in [5, 5.41) is 12.5. The van der Waals surface area contributed by atoms with Crippen LogP contribution >= 0.6 is 0 Å². The van der Waals surface area contributed by atoms with Crippen molar-refractivity contribution in [3.63, 3.8) is 0 Å². The van der Waals surface area contributed by atoms with Crippen molar-refractivity contribution in [1.29, 1.82) is 0 Å². The molecule has 1 aliphatic heterocycles. The van der Waals surface area contributed by atoms with Crippen molar-refractivity contribution in [2.45, 2.75) is 31.7 Å². The number of hydrogen-bond acceptors (Lipinski definition) is 3. The van der Waals surface area contributed by atoms with Crippen LogP contribution in [0.3, 0.4) is 0 Å². The third kappa shape index (κ3) is 3.01. The van der Waals surface area contributed by atoms with Gasteiger partial charge < -0.3 is 15.3 Å². The molecule has 0 bridgehead atoms. The molecular weight excluding hydrogens is 228 g/mol. The van der Waals surface area contributed by atoms with Gasteiger partial charge in [0.15, 0.2) is 0 Å². The molecular formula is C14H20N2O2. The van der Waals surface area contributed by atoms with E-state index < -0.39 is 0 Å². The fraction of sp³-hybridized carbons (Fsp3) is 0.500. The van der Waals surface area contributed by atoms with Crippen LogP contribution in [-0.4, -0.2) is 30.6 Å². The molecule has 0 spiro atoms. The van der Waals surface area contributed by atoms with E-state index in [1.54, 1.807) is 36.2 Å². The Balaban J connectivity index is 2.05. The number of phenols is 1. The third-order valence-electron chi connectivity index (χ3n) is 3.43. The molecule has 18 heavy (non-hydrogen) atoms. The van der Waals surface area contributed by atoms with E-state index in [9.17, 15) is 9.90 Å². The molecule has 4 nitrogen and oxygen atoms in total. The lowest BCUT2D eigenvalue weighted by Gasteiger charge is -2.23. The van der Waals surface area contributed by atoms with E-state index in [0.29, 0.717) is 0 Å². The second kappa shape index (κ2) is 5.87. The van der Waals surface area contributed by atoms with E-state index in [4.69, 9.17) is 0 Å². The van der Waals surface area contributed by atoms with Gasteiger partial charge in [-0.2, -0.15) is 0 Å². The van der Waals surface area contributed by atoms with E-state index in [2.05, 4.69) is 5.32 Å². The van der Waals surface area contributed by atoms with E-state index in [1.165, 1.54) is 6.42 Å². The Morgan fingerprint density at radius 1 is 1.28 bits per heavy atom. The van der Waals surface area contributed by atoms with Gasteiger partial charge in [-0.1, -0.05) is 12.8 Å². The highest BCUT2D eigenvalue weighted by Gasteiger charge is 2.23. The van der Waals surface area contributed by atoms with E-state index in [1.807, 2.05) is 0 Å². The fourth-order valence-electron chi connectivity index (χ4n) is 2.28. The Bertz CT molecular complexity index is 395.